The molecule has 0 heterocycles. The molecule has 2 aromatic rings. The lowest BCUT2D eigenvalue weighted by molar-refractivity contribution is 0.102. The average molecular weight is 425 g/mol. The zero-order valence-electron chi connectivity index (χ0n) is 14.1. The largest absolute Gasteiger partial charge is 0.369 e. The van der Waals surface area contributed by atoms with E-state index in [9.17, 15) is 35.8 Å². The number of fused-ring (bicyclic) bond motifs is 1. The van der Waals surface area contributed by atoms with E-state index in [1.165, 1.54) is 12.1 Å². The molecule has 1 aliphatic carbocycles. The molecular weight excluding hydrogens is 410 g/mol. The predicted octanol–water partition coefficient (Wildman–Crippen LogP) is 1.33. The second kappa shape index (κ2) is 6.79. The first-order valence-corrected chi connectivity index (χ1v) is 10.7. The Morgan fingerprint density at radius 3 is 2.25 bits per heavy atom. The summed E-state index contributed by atoms with van der Waals surface area (Å²) >= 11 is 0. The third kappa shape index (κ3) is 3.84. The molecular formula is C17H15NO8S2. The van der Waals surface area contributed by atoms with Crippen LogP contribution in [0.3, 0.4) is 0 Å². The number of anilines is 1. The Hall–Kier alpha value is -2.57. The SMILES string of the molecule is O=C(Nc1cc(S(=O)(=O)O)cc2c1C=CC(O)(S(=O)(=O)O)C2)c1ccccc1. The highest BCUT2D eigenvalue weighted by Gasteiger charge is 2.41. The van der Waals surface area contributed by atoms with Gasteiger partial charge >= 0.3 is 0 Å². The Bertz CT molecular complexity index is 1190. The molecule has 0 fully saturated rings. The number of carbonyl (C=O) groups is 1. The highest BCUT2D eigenvalue weighted by atomic mass is 32.2. The fraction of sp³-hybridized carbons (Fsp3) is 0.118. The molecule has 1 aliphatic rings. The smallest absolute Gasteiger partial charge is 0.299 e. The summed E-state index contributed by atoms with van der Waals surface area (Å²) in [4.78, 5) is 9.14. The lowest BCUT2D eigenvalue weighted by Crippen LogP contribution is -2.40. The summed E-state index contributed by atoms with van der Waals surface area (Å²) in [5.41, 5.74) is 0.474. The fourth-order valence-electron chi connectivity index (χ4n) is 2.79. The second-order valence-electron chi connectivity index (χ2n) is 6.17. The van der Waals surface area contributed by atoms with Crippen molar-refractivity contribution in [2.75, 3.05) is 5.32 Å². The van der Waals surface area contributed by atoms with E-state index in [4.69, 9.17) is 0 Å². The second-order valence-corrected chi connectivity index (χ2v) is 9.25. The Morgan fingerprint density at radius 2 is 1.68 bits per heavy atom. The number of aliphatic hydroxyl groups is 1. The Kier molecular flexibility index (Phi) is 4.89. The molecule has 3 rings (SSSR count). The normalized spacial score (nSPS) is 19.1. The molecule has 0 spiro atoms. The molecule has 0 aromatic heterocycles. The molecule has 1 unspecified atom stereocenters. The molecule has 0 radical (unpaired) electrons. The van der Waals surface area contributed by atoms with Crippen molar-refractivity contribution in [3.05, 3.63) is 65.2 Å². The summed E-state index contributed by atoms with van der Waals surface area (Å²) in [6.07, 6.45) is 1.28. The molecule has 0 saturated carbocycles. The first-order chi connectivity index (χ1) is 12.9. The fourth-order valence-corrected chi connectivity index (χ4v) is 3.92. The van der Waals surface area contributed by atoms with Crippen LogP contribution in [-0.4, -0.2) is 41.9 Å². The van der Waals surface area contributed by atoms with Gasteiger partial charge in [0.1, 0.15) is 0 Å². The molecule has 4 N–H and O–H groups in total. The number of amides is 1. The van der Waals surface area contributed by atoms with Crippen LogP contribution in [-0.2, 0) is 26.7 Å². The third-order valence-corrected chi connectivity index (χ3v) is 6.23. The predicted molar refractivity (Wildman–Crippen MR) is 99.9 cm³/mol. The van der Waals surface area contributed by atoms with Gasteiger partial charge in [-0.2, -0.15) is 16.8 Å². The van der Waals surface area contributed by atoms with Crippen molar-refractivity contribution in [3.8, 4) is 0 Å². The molecule has 0 aliphatic heterocycles. The molecule has 148 valence electrons. The zero-order valence-corrected chi connectivity index (χ0v) is 15.7. The Balaban J connectivity index is 2.12. The maximum atomic E-state index is 12.4. The van der Waals surface area contributed by atoms with E-state index in [1.54, 1.807) is 18.2 Å². The molecule has 0 bridgehead atoms. The standard InChI is InChI=1S/C17H15NO8S2/c19-16(11-4-2-1-3-5-11)18-15-9-13(27(21,22)23)8-12-10-17(20,28(24,25)26)7-6-14(12)15/h1-9,20H,10H2,(H,18,19)(H,21,22,23)(H,24,25,26). The summed E-state index contributed by atoms with van der Waals surface area (Å²) in [6.45, 7) is 0. The monoisotopic (exact) mass is 425 g/mol. The Morgan fingerprint density at radius 1 is 1.04 bits per heavy atom. The third-order valence-electron chi connectivity index (χ3n) is 4.22. The van der Waals surface area contributed by atoms with E-state index >= 15 is 0 Å². The molecule has 1 amide bonds. The topological polar surface area (TPSA) is 158 Å². The zero-order chi connectivity index (χ0) is 20.7. The molecule has 1 atom stereocenters. The number of carbonyl (C=O) groups excluding carboxylic acids is 1. The minimum absolute atomic E-state index is 0.0129. The van der Waals surface area contributed by atoms with Crippen LogP contribution in [0, 0.1) is 0 Å². The first kappa shape index (κ1) is 20.2. The van der Waals surface area contributed by atoms with Crippen LogP contribution in [0.4, 0.5) is 5.69 Å². The summed E-state index contributed by atoms with van der Waals surface area (Å²) in [5, 5.41) is 12.7. The highest BCUT2D eigenvalue weighted by molar-refractivity contribution is 7.87. The van der Waals surface area contributed by atoms with Gasteiger partial charge in [0.2, 0.25) is 4.93 Å². The van der Waals surface area contributed by atoms with Gasteiger partial charge in [0.15, 0.2) is 0 Å². The Labute approximate surface area is 160 Å². The molecule has 11 heteroatoms. The van der Waals surface area contributed by atoms with Crippen LogP contribution < -0.4 is 5.32 Å². The van der Waals surface area contributed by atoms with Crippen LogP contribution >= 0.6 is 0 Å². The van der Waals surface area contributed by atoms with Gasteiger partial charge < -0.3 is 10.4 Å². The lowest BCUT2D eigenvalue weighted by Gasteiger charge is -2.27. The molecule has 0 saturated heterocycles. The lowest BCUT2D eigenvalue weighted by atomic mass is 9.93. The van der Waals surface area contributed by atoms with Gasteiger partial charge in [-0.15, -0.1) is 0 Å². The van der Waals surface area contributed by atoms with E-state index in [1.807, 2.05) is 0 Å². The minimum atomic E-state index is -4.93. The summed E-state index contributed by atoms with van der Waals surface area (Å²) in [6, 6.07) is 10.00. The van der Waals surface area contributed by atoms with Crippen LogP contribution in [0.1, 0.15) is 21.5 Å². The molecule has 2 aromatic carbocycles. The number of benzene rings is 2. The van der Waals surface area contributed by atoms with Crippen molar-refractivity contribution < 1.29 is 35.8 Å². The van der Waals surface area contributed by atoms with Gasteiger partial charge in [-0.3, -0.25) is 13.9 Å². The van der Waals surface area contributed by atoms with Gasteiger partial charge in [-0.05, 0) is 35.9 Å². The van der Waals surface area contributed by atoms with Crippen LogP contribution in [0.5, 0.6) is 0 Å². The van der Waals surface area contributed by atoms with Crippen molar-refractivity contribution in [2.24, 2.45) is 0 Å². The molecule has 9 nitrogen and oxygen atoms in total. The van der Waals surface area contributed by atoms with E-state index in [-0.39, 0.29) is 22.4 Å². The van der Waals surface area contributed by atoms with Crippen molar-refractivity contribution in [2.45, 2.75) is 16.2 Å². The van der Waals surface area contributed by atoms with E-state index in [0.717, 1.165) is 24.3 Å². The van der Waals surface area contributed by atoms with Crippen molar-refractivity contribution >= 4 is 37.9 Å². The van der Waals surface area contributed by atoms with Gasteiger partial charge in [0.25, 0.3) is 26.1 Å². The van der Waals surface area contributed by atoms with E-state index in [0.29, 0.717) is 0 Å². The van der Waals surface area contributed by atoms with Gasteiger partial charge in [0, 0.05) is 23.2 Å². The number of hydrogen-bond acceptors (Lipinski definition) is 6. The summed E-state index contributed by atoms with van der Waals surface area (Å²) < 4.78 is 64.7. The van der Waals surface area contributed by atoms with E-state index < -0.39 is 42.4 Å². The number of nitrogens with one attached hydrogen (secondary N) is 1. The van der Waals surface area contributed by atoms with Gasteiger partial charge in [-0.25, -0.2) is 0 Å². The summed E-state index contributed by atoms with van der Waals surface area (Å²) in [5.74, 6) is -0.570. The van der Waals surface area contributed by atoms with E-state index in [2.05, 4.69) is 5.32 Å². The number of hydrogen-bond donors (Lipinski definition) is 4. The maximum absolute atomic E-state index is 12.4. The van der Waals surface area contributed by atoms with Crippen molar-refractivity contribution in [1.82, 2.24) is 0 Å². The molecule has 28 heavy (non-hydrogen) atoms. The van der Waals surface area contributed by atoms with Gasteiger partial charge in [0.05, 0.1) is 4.90 Å². The van der Waals surface area contributed by atoms with Crippen molar-refractivity contribution in [1.29, 1.82) is 0 Å². The quantitative estimate of drug-likeness (QED) is 0.534. The first-order valence-electron chi connectivity index (χ1n) is 7.80. The maximum Gasteiger partial charge on any atom is 0.299 e. The number of rotatable bonds is 4. The van der Waals surface area contributed by atoms with Crippen LogP contribution in [0.2, 0.25) is 0 Å². The minimum Gasteiger partial charge on any atom is -0.369 e. The van der Waals surface area contributed by atoms with Crippen LogP contribution in [0.25, 0.3) is 6.08 Å². The van der Waals surface area contributed by atoms with Crippen LogP contribution in [0.15, 0.2) is 53.4 Å². The summed E-state index contributed by atoms with van der Waals surface area (Å²) in [7, 11) is -9.63. The van der Waals surface area contributed by atoms with Gasteiger partial charge in [-0.1, -0.05) is 24.3 Å². The average Bonchev–Trinajstić information content (AvgIpc) is 2.60. The van der Waals surface area contributed by atoms with Crippen molar-refractivity contribution in [3.63, 3.8) is 0 Å². The highest BCUT2D eigenvalue weighted by Crippen LogP contribution is 2.35.